The molecule has 1 heterocycles. The van der Waals surface area contributed by atoms with Gasteiger partial charge in [0.2, 0.25) is 10.0 Å². The van der Waals surface area contributed by atoms with E-state index in [1.165, 1.54) is 12.1 Å². The van der Waals surface area contributed by atoms with Crippen LogP contribution >= 0.6 is 15.9 Å². The minimum absolute atomic E-state index is 0.0353. The average molecular weight is 377 g/mol. The van der Waals surface area contributed by atoms with Crippen molar-refractivity contribution in [3.63, 3.8) is 0 Å². The quantitative estimate of drug-likeness (QED) is 0.858. The van der Waals surface area contributed by atoms with Crippen LogP contribution in [0.2, 0.25) is 0 Å². The lowest BCUT2D eigenvalue weighted by Gasteiger charge is -2.25. The number of benzene rings is 1. The Balaban J connectivity index is 1.87. The van der Waals surface area contributed by atoms with E-state index in [0.29, 0.717) is 6.54 Å². The third-order valence-electron chi connectivity index (χ3n) is 4.01. The smallest absolute Gasteiger partial charge is 0.243 e. The maximum absolute atomic E-state index is 13.7. The van der Waals surface area contributed by atoms with Gasteiger partial charge in [0.05, 0.1) is 9.37 Å². The Kier molecular flexibility index (Phi) is 4.36. The van der Waals surface area contributed by atoms with Gasteiger partial charge in [-0.3, -0.25) is 0 Å². The first-order chi connectivity index (χ1) is 9.98. The Morgan fingerprint density at radius 2 is 2.10 bits per heavy atom. The van der Waals surface area contributed by atoms with Gasteiger partial charge in [-0.15, -0.1) is 0 Å². The van der Waals surface area contributed by atoms with E-state index in [1.807, 2.05) is 0 Å². The zero-order chi connectivity index (χ0) is 15.0. The van der Waals surface area contributed by atoms with E-state index >= 15 is 0 Å². The fraction of sp³-hybridized carbons (Fsp3) is 0.571. The van der Waals surface area contributed by atoms with Crippen molar-refractivity contribution in [1.29, 1.82) is 0 Å². The van der Waals surface area contributed by atoms with Crippen LogP contribution in [0.1, 0.15) is 25.7 Å². The molecule has 1 saturated heterocycles. The Morgan fingerprint density at radius 3 is 2.67 bits per heavy atom. The van der Waals surface area contributed by atoms with Crippen molar-refractivity contribution in [2.45, 2.75) is 42.7 Å². The maximum atomic E-state index is 13.7. The molecule has 1 saturated carbocycles. The van der Waals surface area contributed by atoms with Gasteiger partial charge in [-0.05, 0) is 66.4 Å². The first-order valence-corrected chi connectivity index (χ1v) is 9.42. The van der Waals surface area contributed by atoms with Crippen molar-refractivity contribution in [2.75, 3.05) is 13.1 Å². The average Bonchev–Trinajstić information content (AvgIpc) is 3.15. The maximum Gasteiger partial charge on any atom is 0.243 e. The molecule has 1 unspecified atom stereocenters. The summed E-state index contributed by atoms with van der Waals surface area (Å²) in [5.41, 5.74) is 0. The fourth-order valence-corrected chi connectivity index (χ4v) is 4.70. The van der Waals surface area contributed by atoms with Crippen molar-refractivity contribution in [2.24, 2.45) is 0 Å². The topological polar surface area (TPSA) is 49.4 Å². The Hall–Kier alpha value is -0.500. The molecule has 0 aromatic heterocycles. The number of hydrogen-bond acceptors (Lipinski definition) is 3. The lowest BCUT2D eigenvalue weighted by atomic mass is 10.2. The lowest BCUT2D eigenvalue weighted by molar-refractivity contribution is 0.362. The van der Waals surface area contributed by atoms with Crippen LogP contribution in [0.25, 0.3) is 0 Å². The highest BCUT2D eigenvalue weighted by molar-refractivity contribution is 9.10. The Morgan fingerprint density at radius 1 is 1.33 bits per heavy atom. The second kappa shape index (κ2) is 5.95. The van der Waals surface area contributed by atoms with Crippen LogP contribution in [0.5, 0.6) is 0 Å². The molecule has 116 valence electrons. The zero-order valence-electron chi connectivity index (χ0n) is 11.6. The molecule has 1 aliphatic carbocycles. The van der Waals surface area contributed by atoms with Crippen LogP contribution in [-0.4, -0.2) is 37.9 Å². The number of halogens is 2. The van der Waals surface area contributed by atoms with Gasteiger partial charge in [-0.2, -0.15) is 4.31 Å². The van der Waals surface area contributed by atoms with Gasteiger partial charge in [0, 0.05) is 18.6 Å². The summed E-state index contributed by atoms with van der Waals surface area (Å²) in [6.45, 7) is 1.42. The molecule has 0 spiro atoms. The van der Waals surface area contributed by atoms with Crippen molar-refractivity contribution in [3.8, 4) is 0 Å². The van der Waals surface area contributed by atoms with Crippen LogP contribution in [0.4, 0.5) is 4.39 Å². The van der Waals surface area contributed by atoms with Gasteiger partial charge < -0.3 is 5.32 Å². The van der Waals surface area contributed by atoms with E-state index in [9.17, 15) is 12.8 Å². The molecule has 2 aliphatic rings. The number of sulfonamides is 1. The summed E-state index contributed by atoms with van der Waals surface area (Å²) in [6, 6.07) is 4.28. The van der Waals surface area contributed by atoms with Crippen LogP contribution in [0, 0.1) is 5.82 Å². The number of rotatable bonds is 5. The highest BCUT2D eigenvalue weighted by Crippen LogP contribution is 2.33. The van der Waals surface area contributed by atoms with Crippen LogP contribution in [0.15, 0.2) is 27.6 Å². The largest absolute Gasteiger partial charge is 0.313 e. The van der Waals surface area contributed by atoms with Gasteiger partial charge in [0.25, 0.3) is 0 Å². The minimum atomic E-state index is -3.63. The normalized spacial score (nSPS) is 22.9. The highest BCUT2D eigenvalue weighted by Gasteiger charge is 2.39. The summed E-state index contributed by atoms with van der Waals surface area (Å²) < 4.78 is 41.0. The molecule has 1 N–H and O–H groups in total. The van der Waals surface area contributed by atoms with Gasteiger partial charge in [0.15, 0.2) is 0 Å². The van der Waals surface area contributed by atoms with Crippen LogP contribution in [-0.2, 0) is 10.0 Å². The minimum Gasteiger partial charge on any atom is -0.313 e. The van der Waals surface area contributed by atoms with E-state index in [1.54, 1.807) is 4.31 Å². The van der Waals surface area contributed by atoms with E-state index in [0.717, 1.165) is 38.3 Å². The molecule has 1 aromatic carbocycles. The Labute approximate surface area is 132 Å². The predicted molar refractivity (Wildman–Crippen MR) is 82.0 cm³/mol. The molecule has 1 aromatic rings. The van der Waals surface area contributed by atoms with Crippen molar-refractivity contribution in [1.82, 2.24) is 9.62 Å². The molecule has 3 rings (SSSR count). The monoisotopic (exact) mass is 376 g/mol. The summed E-state index contributed by atoms with van der Waals surface area (Å²) in [4.78, 5) is 0.0353. The molecule has 1 aliphatic heterocycles. The zero-order valence-corrected chi connectivity index (χ0v) is 14.0. The van der Waals surface area contributed by atoms with Crippen molar-refractivity contribution in [3.05, 3.63) is 28.5 Å². The second-order valence-corrected chi connectivity index (χ2v) is 8.42. The molecule has 4 nitrogen and oxygen atoms in total. The van der Waals surface area contributed by atoms with E-state index in [2.05, 4.69) is 21.2 Å². The van der Waals surface area contributed by atoms with E-state index < -0.39 is 15.8 Å². The van der Waals surface area contributed by atoms with Gasteiger partial charge in [-0.25, -0.2) is 12.8 Å². The molecule has 7 heteroatoms. The van der Waals surface area contributed by atoms with Crippen LogP contribution < -0.4 is 5.32 Å². The number of nitrogens with zero attached hydrogens (tertiary/aromatic N) is 1. The molecule has 2 fully saturated rings. The third-order valence-corrected chi connectivity index (χ3v) is 6.57. The van der Waals surface area contributed by atoms with E-state index in [4.69, 9.17) is 0 Å². The van der Waals surface area contributed by atoms with Gasteiger partial charge in [-0.1, -0.05) is 0 Å². The molecule has 0 radical (unpaired) electrons. The van der Waals surface area contributed by atoms with Crippen LogP contribution in [0.3, 0.4) is 0 Å². The SMILES string of the molecule is O=S(=O)(c1ccc(Br)c(F)c1)N(CC1CCCN1)C1CC1. The molecular weight excluding hydrogens is 359 g/mol. The molecule has 0 bridgehead atoms. The van der Waals surface area contributed by atoms with Gasteiger partial charge in [0.1, 0.15) is 5.82 Å². The second-order valence-electron chi connectivity index (χ2n) is 5.68. The lowest BCUT2D eigenvalue weighted by Crippen LogP contribution is -2.42. The first kappa shape index (κ1) is 15.4. The number of hydrogen-bond donors (Lipinski definition) is 1. The summed E-state index contributed by atoms with van der Waals surface area (Å²) >= 11 is 3.05. The molecule has 0 amide bonds. The molecule has 21 heavy (non-hydrogen) atoms. The van der Waals surface area contributed by atoms with Gasteiger partial charge >= 0.3 is 0 Å². The van der Waals surface area contributed by atoms with E-state index in [-0.39, 0.29) is 21.5 Å². The highest BCUT2D eigenvalue weighted by atomic mass is 79.9. The molecule has 1 atom stereocenters. The van der Waals surface area contributed by atoms with Crippen molar-refractivity contribution >= 4 is 26.0 Å². The summed E-state index contributed by atoms with van der Waals surface area (Å²) in [5, 5.41) is 3.33. The fourth-order valence-electron chi connectivity index (χ4n) is 2.71. The standard InChI is InChI=1S/C14H18BrFN2O2S/c15-13-6-5-12(8-14(13)16)21(19,20)18(11-3-4-11)9-10-2-1-7-17-10/h5-6,8,10-11,17H,1-4,7,9H2. The Bertz CT molecular complexity index is 628. The molecular formula is C14H18BrFN2O2S. The summed E-state index contributed by atoms with van der Waals surface area (Å²) in [7, 11) is -3.63. The predicted octanol–water partition coefficient (Wildman–Crippen LogP) is 2.49. The number of nitrogens with one attached hydrogen (secondary N) is 1. The first-order valence-electron chi connectivity index (χ1n) is 7.19. The summed E-state index contributed by atoms with van der Waals surface area (Å²) in [6.07, 6.45) is 3.86. The third kappa shape index (κ3) is 3.31. The summed E-state index contributed by atoms with van der Waals surface area (Å²) in [5.74, 6) is -0.550. The van der Waals surface area contributed by atoms with Crippen molar-refractivity contribution < 1.29 is 12.8 Å².